The second kappa shape index (κ2) is 10.6. The number of hydrogen-bond donors (Lipinski definition) is 0. The molecule has 0 amide bonds. The maximum Gasteiger partial charge on any atom is 0.0788 e. The Morgan fingerprint density at radius 3 is 1.94 bits per heavy atom. The van der Waals surface area contributed by atoms with Crippen LogP contribution in [-0.2, 0) is 5.41 Å². The number of thiophene rings is 1. The molecule has 0 atom stereocenters. The summed E-state index contributed by atoms with van der Waals surface area (Å²) in [4.78, 5) is 7.64. The molecule has 3 heteroatoms. The first-order valence-electron chi connectivity index (χ1n) is 16.9. The summed E-state index contributed by atoms with van der Waals surface area (Å²) in [5.41, 5.74) is 11.9. The van der Waals surface area contributed by atoms with Gasteiger partial charge in [-0.15, -0.1) is 11.3 Å². The van der Waals surface area contributed by atoms with Gasteiger partial charge in [0.2, 0.25) is 0 Å². The fourth-order valence-corrected chi connectivity index (χ4v) is 9.17. The van der Waals surface area contributed by atoms with Gasteiger partial charge in [0.15, 0.2) is 0 Å². The van der Waals surface area contributed by atoms with Crippen LogP contribution in [0.4, 0.5) is 17.1 Å². The van der Waals surface area contributed by atoms with Crippen LogP contribution in [0.3, 0.4) is 0 Å². The highest BCUT2D eigenvalue weighted by molar-refractivity contribution is 7.26. The highest BCUT2D eigenvalue weighted by Gasteiger charge is 2.36. The number of benzene rings is 7. The summed E-state index contributed by atoms with van der Waals surface area (Å²) in [6, 6.07) is 57.5. The third-order valence-corrected chi connectivity index (χ3v) is 11.6. The molecule has 7 aromatic carbocycles. The predicted octanol–water partition coefficient (Wildman–Crippen LogP) is 13.2. The molecule has 9 aromatic rings. The zero-order chi connectivity index (χ0) is 32.7. The number of aromatic nitrogens is 1. The lowest BCUT2D eigenvalue weighted by molar-refractivity contribution is 0.632. The molecule has 3 heterocycles. The molecule has 10 rings (SSSR count). The zero-order valence-electron chi connectivity index (χ0n) is 27.3. The normalized spacial score (nSPS) is 13.6. The Balaban J connectivity index is 1.19. The van der Waals surface area contributed by atoms with E-state index in [9.17, 15) is 0 Å². The summed E-state index contributed by atoms with van der Waals surface area (Å²) in [7, 11) is 0. The van der Waals surface area contributed by atoms with Crippen molar-refractivity contribution in [1.29, 1.82) is 0 Å². The molecule has 0 spiro atoms. The van der Waals surface area contributed by atoms with Crippen LogP contribution in [0.2, 0.25) is 0 Å². The first kappa shape index (κ1) is 28.3. The largest absolute Gasteiger partial charge is 0.310 e. The maximum atomic E-state index is 5.20. The Bertz CT molecular complexity index is 2710. The van der Waals surface area contributed by atoms with E-state index in [1.807, 2.05) is 11.3 Å². The number of fused-ring (bicyclic) bond motifs is 9. The smallest absolute Gasteiger partial charge is 0.0788 e. The summed E-state index contributed by atoms with van der Waals surface area (Å²) < 4.78 is 2.60. The van der Waals surface area contributed by atoms with Crippen LogP contribution in [0, 0.1) is 0 Å². The molecule has 2 aromatic heterocycles. The Morgan fingerprint density at radius 1 is 0.490 bits per heavy atom. The van der Waals surface area contributed by atoms with Gasteiger partial charge in [-0.3, -0.25) is 0 Å². The summed E-state index contributed by atoms with van der Waals surface area (Å²) in [5, 5.41) is 6.27. The van der Waals surface area contributed by atoms with Gasteiger partial charge in [0.1, 0.15) is 0 Å². The summed E-state index contributed by atoms with van der Waals surface area (Å²) in [6.07, 6.45) is 0. The number of pyridine rings is 1. The van der Waals surface area contributed by atoms with Crippen LogP contribution in [0.25, 0.3) is 64.2 Å². The molecule has 0 radical (unpaired) electrons. The van der Waals surface area contributed by atoms with Crippen LogP contribution in [0.15, 0.2) is 158 Å². The predicted molar refractivity (Wildman–Crippen MR) is 210 cm³/mol. The lowest BCUT2D eigenvalue weighted by Gasteiger charge is -2.42. The molecule has 0 bridgehead atoms. The van der Waals surface area contributed by atoms with Crippen molar-refractivity contribution in [3.8, 4) is 22.4 Å². The van der Waals surface area contributed by atoms with Crippen molar-refractivity contribution in [3.63, 3.8) is 0 Å². The van der Waals surface area contributed by atoms with Crippen molar-refractivity contribution in [1.82, 2.24) is 4.98 Å². The van der Waals surface area contributed by atoms with Crippen LogP contribution in [0.5, 0.6) is 0 Å². The van der Waals surface area contributed by atoms with Gasteiger partial charge in [-0.2, -0.15) is 0 Å². The molecule has 232 valence electrons. The summed E-state index contributed by atoms with van der Waals surface area (Å²) in [5.74, 6) is 0. The standard InChI is InChI=1S/C46H32N2S/c1-46(2)36-18-7-10-21-39(36)48(40-22-11-8-19-37(40)46)32-16-12-15-30(27-32)31-23-25-41-35(28-31)44-42(49-41)26-24-34-43(44)33-17-6-9-20-38(33)47-45(34)29-13-4-3-5-14-29/h3-28H,1-2H3. The average Bonchev–Trinajstić information content (AvgIpc) is 3.53. The summed E-state index contributed by atoms with van der Waals surface area (Å²) >= 11 is 1.87. The average molecular weight is 645 g/mol. The molecule has 0 unspecified atom stereocenters. The minimum absolute atomic E-state index is 0.0881. The van der Waals surface area contributed by atoms with Gasteiger partial charge >= 0.3 is 0 Å². The second-order valence-electron chi connectivity index (χ2n) is 13.6. The molecular weight excluding hydrogens is 613 g/mol. The van der Waals surface area contributed by atoms with Crippen LogP contribution in [-0.4, -0.2) is 4.98 Å². The number of rotatable bonds is 3. The molecule has 49 heavy (non-hydrogen) atoms. The van der Waals surface area contributed by atoms with Crippen molar-refractivity contribution in [2.45, 2.75) is 19.3 Å². The Kier molecular flexibility index (Phi) is 6.12. The summed E-state index contributed by atoms with van der Waals surface area (Å²) in [6.45, 7) is 4.68. The number of anilines is 3. The van der Waals surface area contributed by atoms with Gasteiger partial charge in [0, 0.05) is 53.0 Å². The monoisotopic (exact) mass is 644 g/mol. The van der Waals surface area contributed by atoms with Gasteiger partial charge in [0.25, 0.3) is 0 Å². The van der Waals surface area contributed by atoms with Gasteiger partial charge in [-0.25, -0.2) is 4.98 Å². The number of nitrogens with zero attached hydrogens (tertiary/aromatic N) is 2. The van der Waals surface area contributed by atoms with Crippen LogP contribution in [0.1, 0.15) is 25.0 Å². The molecule has 1 aliphatic heterocycles. The highest BCUT2D eigenvalue weighted by atomic mass is 32.1. The minimum atomic E-state index is -0.0881. The Hall–Kier alpha value is -5.77. The Labute approximate surface area is 289 Å². The quantitative estimate of drug-likeness (QED) is 0.178. The van der Waals surface area contributed by atoms with Crippen molar-refractivity contribution < 1.29 is 0 Å². The number of para-hydroxylation sites is 3. The van der Waals surface area contributed by atoms with Gasteiger partial charge in [-0.05, 0) is 70.8 Å². The van der Waals surface area contributed by atoms with Crippen molar-refractivity contribution in [2.75, 3.05) is 4.90 Å². The topological polar surface area (TPSA) is 16.1 Å². The van der Waals surface area contributed by atoms with Crippen molar-refractivity contribution >= 4 is 70.2 Å². The fourth-order valence-electron chi connectivity index (χ4n) is 8.08. The maximum absolute atomic E-state index is 5.20. The van der Waals surface area contributed by atoms with Crippen LogP contribution >= 0.6 is 11.3 Å². The lowest BCUT2D eigenvalue weighted by Crippen LogP contribution is -2.30. The fraction of sp³-hybridized carbons (Fsp3) is 0.0652. The van der Waals surface area contributed by atoms with Gasteiger partial charge < -0.3 is 4.90 Å². The zero-order valence-corrected chi connectivity index (χ0v) is 28.1. The first-order chi connectivity index (χ1) is 24.1. The first-order valence-corrected chi connectivity index (χ1v) is 17.7. The molecule has 0 saturated heterocycles. The van der Waals surface area contributed by atoms with E-state index in [2.05, 4.69) is 176 Å². The van der Waals surface area contributed by atoms with Crippen molar-refractivity contribution in [3.05, 3.63) is 169 Å². The number of hydrogen-bond acceptors (Lipinski definition) is 3. The molecule has 0 N–H and O–H groups in total. The van der Waals surface area contributed by atoms with E-state index in [0.717, 1.165) is 22.5 Å². The van der Waals surface area contributed by atoms with E-state index in [1.165, 1.54) is 70.0 Å². The van der Waals surface area contributed by atoms with Gasteiger partial charge in [0.05, 0.1) is 22.6 Å². The third-order valence-electron chi connectivity index (χ3n) is 10.4. The third kappa shape index (κ3) is 4.22. The second-order valence-corrected chi connectivity index (χ2v) is 14.6. The van der Waals surface area contributed by atoms with E-state index in [0.29, 0.717) is 0 Å². The molecule has 2 nitrogen and oxygen atoms in total. The van der Waals surface area contributed by atoms with E-state index >= 15 is 0 Å². The minimum Gasteiger partial charge on any atom is -0.310 e. The van der Waals surface area contributed by atoms with Gasteiger partial charge in [-0.1, -0.05) is 123 Å². The van der Waals surface area contributed by atoms with Crippen molar-refractivity contribution in [2.24, 2.45) is 0 Å². The SMILES string of the molecule is CC1(C)c2ccccc2N(c2cccc(-c3ccc4sc5ccc6c(-c7ccccc7)nc7ccccc7c6c5c4c3)c2)c2ccccc21. The molecule has 0 fully saturated rings. The Morgan fingerprint density at radius 2 is 1.14 bits per heavy atom. The van der Waals surface area contributed by atoms with E-state index < -0.39 is 0 Å². The molecular formula is C46H32N2S. The highest BCUT2D eigenvalue weighted by Crippen LogP contribution is 2.52. The molecule has 1 aliphatic rings. The van der Waals surface area contributed by atoms with E-state index in [4.69, 9.17) is 4.98 Å². The van der Waals surface area contributed by atoms with E-state index in [1.54, 1.807) is 0 Å². The molecule has 0 aliphatic carbocycles. The molecule has 0 saturated carbocycles. The van der Waals surface area contributed by atoms with E-state index in [-0.39, 0.29) is 5.41 Å². The lowest BCUT2D eigenvalue weighted by atomic mass is 9.73. The van der Waals surface area contributed by atoms with Crippen LogP contribution < -0.4 is 4.90 Å².